The minimum Gasteiger partial charge on any atom is -0.497 e. The molecule has 9 heteroatoms. The van der Waals surface area contributed by atoms with Gasteiger partial charge in [0.2, 0.25) is 0 Å². The van der Waals surface area contributed by atoms with Crippen LogP contribution in [0.2, 0.25) is 0 Å². The monoisotopic (exact) mass is 323 g/mol. The standard InChI is InChI=1S/C14H17N3O6/c1-20-8-4-2-7(3-5-8)14-21-6-9-12(23-14)11(18)10(16-17-15)13(19)22-9/h2-5,9-14,18-19H,6H2,1H3/t9?,10?,11?,12-,13-,14?/m1/s1. The summed E-state index contributed by atoms with van der Waals surface area (Å²) in [5, 5.41) is 23.5. The Hall–Kier alpha value is -1.87. The number of hydrogen-bond donors (Lipinski definition) is 2. The molecule has 2 N–H and O–H groups in total. The van der Waals surface area contributed by atoms with E-state index in [9.17, 15) is 10.2 Å². The van der Waals surface area contributed by atoms with Gasteiger partial charge in [0.1, 0.15) is 24.0 Å². The third-order valence-electron chi connectivity index (χ3n) is 3.92. The van der Waals surface area contributed by atoms with Crippen molar-refractivity contribution in [1.82, 2.24) is 0 Å². The Kier molecular flexibility index (Phi) is 4.67. The zero-order chi connectivity index (χ0) is 16.4. The molecule has 0 radical (unpaired) electrons. The quantitative estimate of drug-likeness (QED) is 0.483. The van der Waals surface area contributed by atoms with E-state index in [-0.39, 0.29) is 6.61 Å². The summed E-state index contributed by atoms with van der Waals surface area (Å²) < 4.78 is 21.7. The van der Waals surface area contributed by atoms with Crippen LogP contribution in [0.5, 0.6) is 5.75 Å². The van der Waals surface area contributed by atoms with Crippen molar-refractivity contribution < 1.29 is 29.2 Å². The molecule has 0 aliphatic carbocycles. The Morgan fingerprint density at radius 2 is 2.00 bits per heavy atom. The minimum absolute atomic E-state index is 0.137. The molecular formula is C14H17N3O6. The fraction of sp³-hybridized carbons (Fsp3) is 0.571. The SMILES string of the molecule is COc1ccc(C2OCC3O[C@@H](O)C(N=[N+]=[N-])C(O)[C@@H]3O2)cc1. The third kappa shape index (κ3) is 3.11. The lowest BCUT2D eigenvalue weighted by atomic mass is 9.96. The highest BCUT2D eigenvalue weighted by Gasteiger charge is 2.48. The van der Waals surface area contributed by atoms with Gasteiger partial charge in [-0.1, -0.05) is 17.2 Å². The first-order valence-corrected chi connectivity index (χ1v) is 7.11. The van der Waals surface area contributed by atoms with Crippen molar-refractivity contribution in [1.29, 1.82) is 0 Å². The lowest BCUT2D eigenvalue weighted by molar-refractivity contribution is -0.335. The van der Waals surface area contributed by atoms with Gasteiger partial charge in [-0.05, 0) is 17.7 Å². The summed E-state index contributed by atoms with van der Waals surface area (Å²) in [5.74, 6) is 0.704. The third-order valence-corrected chi connectivity index (χ3v) is 3.92. The largest absolute Gasteiger partial charge is 0.497 e. The smallest absolute Gasteiger partial charge is 0.184 e. The number of rotatable bonds is 3. The molecule has 0 spiro atoms. The molecule has 23 heavy (non-hydrogen) atoms. The van der Waals surface area contributed by atoms with E-state index in [1.54, 1.807) is 31.4 Å². The first-order valence-electron chi connectivity index (χ1n) is 7.11. The number of aliphatic hydroxyl groups excluding tert-OH is 2. The van der Waals surface area contributed by atoms with E-state index in [0.717, 1.165) is 5.56 Å². The van der Waals surface area contributed by atoms with E-state index in [1.165, 1.54) is 0 Å². The van der Waals surface area contributed by atoms with Crippen LogP contribution < -0.4 is 4.74 Å². The highest BCUT2D eigenvalue weighted by atomic mass is 16.7. The van der Waals surface area contributed by atoms with Crippen LogP contribution in [0.4, 0.5) is 0 Å². The van der Waals surface area contributed by atoms with Gasteiger partial charge in [0.05, 0.1) is 19.8 Å². The van der Waals surface area contributed by atoms with Crippen LogP contribution in [0, 0.1) is 0 Å². The van der Waals surface area contributed by atoms with Crippen LogP contribution in [-0.2, 0) is 14.2 Å². The first kappa shape index (κ1) is 16.0. The summed E-state index contributed by atoms with van der Waals surface area (Å²) in [7, 11) is 1.57. The van der Waals surface area contributed by atoms with Crippen molar-refractivity contribution in [2.45, 2.75) is 36.9 Å². The molecule has 0 saturated carbocycles. The Bertz CT molecular complexity index is 591. The summed E-state index contributed by atoms with van der Waals surface area (Å²) in [6.45, 7) is 0.137. The fourth-order valence-corrected chi connectivity index (χ4v) is 2.71. The molecule has 6 atom stereocenters. The van der Waals surface area contributed by atoms with E-state index in [1.807, 2.05) is 0 Å². The maximum Gasteiger partial charge on any atom is 0.184 e. The van der Waals surface area contributed by atoms with Crippen LogP contribution in [0.3, 0.4) is 0 Å². The van der Waals surface area contributed by atoms with Crippen molar-refractivity contribution in [3.05, 3.63) is 40.3 Å². The molecule has 3 rings (SSSR count). The average molecular weight is 323 g/mol. The van der Waals surface area contributed by atoms with Crippen LogP contribution in [0.15, 0.2) is 29.4 Å². The Balaban J connectivity index is 1.76. The topological polar surface area (TPSA) is 126 Å². The summed E-state index contributed by atoms with van der Waals surface area (Å²) in [6, 6.07) is 6.00. The molecular weight excluding hydrogens is 306 g/mol. The lowest BCUT2D eigenvalue weighted by Gasteiger charge is -2.45. The van der Waals surface area contributed by atoms with Crippen LogP contribution in [-0.4, -0.2) is 54.6 Å². The van der Waals surface area contributed by atoms with Gasteiger partial charge < -0.3 is 29.2 Å². The van der Waals surface area contributed by atoms with Crippen molar-refractivity contribution in [2.75, 3.05) is 13.7 Å². The number of aliphatic hydroxyl groups is 2. The van der Waals surface area contributed by atoms with E-state index < -0.39 is 36.9 Å². The van der Waals surface area contributed by atoms with Gasteiger partial charge in [0, 0.05) is 10.5 Å². The maximum atomic E-state index is 10.3. The molecule has 4 unspecified atom stereocenters. The zero-order valence-electron chi connectivity index (χ0n) is 12.3. The molecule has 2 saturated heterocycles. The van der Waals surface area contributed by atoms with Gasteiger partial charge in [0.25, 0.3) is 0 Å². The summed E-state index contributed by atoms with van der Waals surface area (Å²) in [5.41, 5.74) is 9.29. The highest BCUT2D eigenvalue weighted by Crippen LogP contribution is 2.34. The van der Waals surface area contributed by atoms with E-state index >= 15 is 0 Å². The van der Waals surface area contributed by atoms with Gasteiger partial charge in [-0.25, -0.2) is 0 Å². The highest BCUT2D eigenvalue weighted by molar-refractivity contribution is 5.28. The molecule has 9 nitrogen and oxygen atoms in total. The number of azide groups is 1. The van der Waals surface area contributed by atoms with Crippen LogP contribution in [0.25, 0.3) is 10.4 Å². The van der Waals surface area contributed by atoms with Crippen LogP contribution >= 0.6 is 0 Å². The molecule has 0 aromatic heterocycles. The zero-order valence-corrected chi connectivity index (χ0v) is 12.3. The van der Waals surface area contributed by atoms with Gasteiger partial charge >= 0.3 is 0 Å². The van der Waals surface area contributed by atoms with Crippen molar-refractivity contribution in [3.63, 3.8) is 0 Å². The average Bonchev–Trinajstić information content (AvgIpc) is 2.58. The van der Waals surface area contributed by atoms with Crippen molar-refractivity contribution >= 4 is 0 Å². The Labute approximate surface area is 132 Å². The predicted molar refractivity (Wildman–Crippen MR) is 76.4 cm³/mol. The second-order valence-electron chi connectivity index (χ2n) is 5.29. The first-order chi connectivity index (χ1) is 11.1. The molecule has 2 aliphatic heterocycles. The summed E-state index contributed by atoms with van der Waals surface area (Å²) >= 11 is 0. The van der Waals surface area contributed by atoms with E-state index in [4.69, 9.17) is 24.5 Å². The number of ether oxygens (including phenoxy) is 4. The fourth-order valence-electron chi connectivity index (χ4n) is 2.71. The predicted octanol–water partition coefficient (Wildman–Crippen LogP) is 0.866. The molecule has 2 fully saturated rings. The van der Waals surface area contributed by atoms with E-state index in [2.05, 4.69) is 10.0 Å². The molecule has 2 aliphatic rings. The van der Waals surface area contributed by atoms with Crippen LogP contribution in [0.1, 0.15) is 11.9 Å². The number of hydrogen-bond acceptors (Lipinski definition) is 7. The maximum absolute atomic E-state index is 10.3. The normalized spacial score (nSPS) is 36.7. The minimum atomic E-state index is -1.40. The molecule has 2 heterocycles. The number of methoxy groups -OCH3 is 1. The van der Waals surface area contributed by atoms with Crippen molar-refractivity contribution in [2.24, 2.45) is 5.11 Å². The second kappa shape index (κ2) is 6.71. The molecule has 1 aromatic carbocycles. The molecule has 124 valence electrons. The number of fused-ring (bicyclic) bond motifs is 1. The van der Waals surface area contributed by atoms with Gasteiger partial charge in [0.15, 0.2) is 12.6 Å². The van der Waals surface area contributed by atoms with E-state index in [0.29, 0.717) is 5.75 Å². The molecule has 0 bridgehead atoms. The number of benzene rings is 1. The lowest BCUT2D eigenvalue weighted by Crippen LogP contribution is -2.61. The van der Waals surface area contributed by atoms with Gasteiger partial charge in [-0.2, -0.15) is 0 Å². The Morgan fingerprint density at radius 1 is 1.26 bits per heavy atom. The summed E-state index contributed by atoms with van der Waals surface area (Å²) in [4.78, 5) is 2.62. The molecule has 1 aromatic rings. The summed E-state index contributed by atoms with van der Waals surface area (Å²) in [6.07, 6.45) is -4.69. The second-order valence-corrected chi connectivity index (χ2v) is 5.29. The van der Waals surface area contributed by atoms with Crippen molar-refractivity contribution in [3.8, 4) is 5.75 Å². The Morgan fingerprint density at radius 3 is 2.65 bits per heavy atom. The number of nitrogens with zero attached hydrogens (tertiary/aromatic N) is 3. The van der Waals surface area contributed by atoms with Gasteiger partial charge in [-0.3, -0.25) is 0 Å². The molecule has 0 amide bonds. The van der Waals surface area contributed by atoms with Gasteiger partial charge in [-0.15, -0.1) is 0 Å².